The number of hydrogen-bond donors (Lipinski definition) is 1. The highest BCUT2D eigenvalue weighted by Gasteiger charge is 2.19. The number of carbonyl (C=O) groups excluding carboxylic acids is 2. The molecule has 0 aliphatic carbocycles. The van der Waals surface area contributed by atoms with Crippen LogP contribution in [0.3, 0.4) is 0 Å². The zero-order valence-electron chi connectivity index (χ0n) is 14.0. The molecule has 0 bridgehead atoms. The Kier molecular flexibility index (Phi) is 5.82. The summed E-state index contributed by atoms with van der Waals surface area (Å²) in [6.07, 6.45) is 3.34. The number of ether oxygens (including phenoxy) is 1. The SMILES string of the molecule is O=C(CN1CCOCC1)Nc1cccc(C(=O)N2CCCCC2)c1. The van der Waals surface area contributed by atoms with Gasteiger partial charge in [0.15, 0.2) is 0 Å². The van der Waals surface area contributed by atoms with Crippen LogP contribution in [0.1, 0.15) is 29.6 Å². The van der Waals surface area contributed by atoms with Gasteiger partial charge < -0.3 is 15.0 Å². The average Bonchev–Trinajstić information content (AvgIpc) is 2.63. The van der Waals surface area contributed by atoms with Crippen molar-refractivity contribution in [1.29, 1.82) is 0 Å². The van der Waals surface area contributed by atoms with Gasteiger partial charge in [0.25, 0.3) is 5.91 Å². The van der Waals surface area contributed by atoms with Gasteiger partial charge in [-0.3, -0.25) is 14.5 Å². The second-order valence-electron chi connectivity index (χ2n) is 6.37. The number of nitrogens with one attached hydrogen (secondary N) is 1. The minimum atomic E-state index is -0.0560. The molecule has 2 heterocycles. The fourth-order valence-electron chi connectivity index (χ4n) is 3.17. The monoisotopic (exact) mass is 331 g/mol. The number of carbonyl (C=O) groups is 2. The van der Waals surface area contributed by atoms with Crippen LogP contribution in [0.5, 0.6) is 0 Å². The summed E-state index contributed by atoms with van der Waals surface area (Å²) in [6, 6.07) is 7.23. The lowest BCUT2D eigenvalue weighted by molar-refractivity contribution is -0.118. The molecule has 0 spiro atoms. The first-order chi connectivity index (χ1) is 11.7. The molecule has 0 unspecified atom stereocenters. The van der Waals surface area contributed by atoms with Crippen molar-refractivity contribution in [1.82, 2.24) is 9.80 Å². The average molecular weight is 331 g/mol. The van der Waals surface area contributed by atoms with E-state index in [1.165, 1.54) is 6.42 Å². The molecule has 3 rings (SSSR count). The van der Waals surface area contributed by atoms with Crippen molar-refractivity contribution in [3.63, 3.8) is 0 Å². The van der Waals surface area contributed by atoms with Crippen LogP contribution in [-0.2, 0) is 9.53 Å². The molecule has 130 valence electrons. The normalized spacial score (nSPS) is 19.1. The molecule has 2 amide bonds. The van der Waals surface area contributed by atoms with E-state index in [9.17, 15) is 9.59 Å². The Morgan fingerprint density at radius 3 is 2.54 bits per heavy atom. The van der Waals surface area contributed by atoms with Crippen molar-refractivity contribution in [2.24, 2.45) is 0 Å². The lowest BCUT2D eigenvalue weighted by Gasteiger charge is -2.27. The maximum Gasteiger partial charge on any atom is 0.253 e. The molecule has 0 saturated carbocycles. The first-order valence-electron chi connectivity index (χ1n) is 8.72. The molecule has 6 heteroatoms. The Morgan fingerprint density at radius 2 is 1.79 bits per heavy atom. The summed E-state index contributed by atoms with van der Waals surface area (Å²) in [5.41, 5.74) is 1.32. The van der Waals surface area contributed by atoms with Crippen LogP contribution in [0.25, 0.3) is 0 Å². The Balaban J connectivity index is 1.57. The first-order valence-corrected chi connectivity index (χ1v) is 8.72. The number of anilines is 1. The van der Waals surface area contributed by atoms with E-state index >= 15 is 0 Å². The molecule has 2 saturated heterocycles. The van der Waals surface area contributed by atoms with Gasteiger partial charge in [-0.15, -0.1) is 0 Å². The van der Waals surface area contributed by atoms with E-state index in [0.29, 0.717) is 31.0 Å². The van der Waals surface area contributed by atoms with E-state index in [1.54, 1.807) is 6.07 Å². The second-order valence-corrected chi connectivity index (χ2v) is 6.37. The van der Waals surface area contributed by atoms with Gasteiger partial charge in [0.05, 0.1) is 19.8 Å². The van der Waals surface area contributed by atoms with Crippen molar-refractivity contribution < 1.29 is 14.3 Å². The second kappa shape index (κ2) is 8.26. The molecule has 0 radical (unpaired) electrons. The van der Waals surface area contributed by atoms with E-state index in [-0.39, 0.29) is 11.8 Å². The van der Waals surface area contributed by atoms with Gasteiger partial charge in [0, 0.05) is 37.4 Å². The number of morpholine rings is 1. The van der Waals surface area contributed by atoms with E-state index in [2.05, 4.69) is 10.2 Å². The standard InChI is InChI=1S/C18H25N3O3/c22-17(14-20-9-11-24-12-10-20)19-16-6-4-5-15(13-16)18(23)21-7-2-1-3-8-21/h4-6,13H,1-3,7-12,14H2,(H,19,22). The van der Waals surface area contributed by atoms with E-state index in [0.717, 1.165) is 39.0 Å². The van der Waals surface area contributed by atoms with Crippen LogP contribution in [0, 0.1) is 0 Å². The van der Waals surface area contributed by atoms with Gasteiger partial charge in [-0.25, -0.2) is 0 Å². The highest BCUT2D eigenvalue weighted by molar-refractivity contribution is 5.97. The molecular weight excluding hydrogens is 306 g/mol. The largest absolute Gasteiger partial charge is 0.379 e. The number of nitrogens with zero attached hydrogens (tertiary/aromatic N) is 2. The van der Waals surface area contributed by atoms with E-state index in [1.807, 2.05) is 23.1 Å². The van der Waals surface area contributed by atoms with Crippen LogP contribution >= 0.6 is 0 Å². The van der Waals surface area contributed by atoms with Crippen molar-refractivity contribution in [3.8, 4) is 0 Å². The molecular formula is C18H25N3O3. The quantitative estimate of drug-likeness (QED) is 0.910. The predicted octanol–water partition coefficient (Wildman–Crippen LogP) is 1.58. The fraction of sp³-hybridized carbons (Fsp3) is 0.556. The summed E-state index contributed by atoms with van der Waals surface area (Å²) in [6.45, 7) is 4.91. The molecule has 1 N–H and O–H groups in total. The predicted molar refractivity (Wildman–Crippen MR) is 92.1 cm³/mol. The van der Waals surface area contributed by atoms with Crippen LogP contribution in [0.4, 0.5) is 5.69 Å². The third-order valence-electron chi connectivity index (χ3n) is 4.51. The summed E-state index contributed by atoms with van der Waals surface area (Å²) in [4.78, 5) is 28.7. The number of benzene rings is 1. The van der Waals surface area contributed by atoms with Gasteiger partial charge in [-0.2, -0.15) is 0 Å². The van der Waals surface area contributed by atoms with Crippen molar-refractivity contribution in [3.05, 3.63) is 29.8 Å². The highest BCUT2D eigenvalue weighted by Crippen LogP contribution is 2.16. The van der Waals surface area contributed by atoms with Gasteiger partial charge >= 0.3 is 0 Å². The van der Waals surface area contributed by atoms with Crippen molar-refractivity contribution in [2.75, 3.05) is 51.3 Å². The first kappa shape index (κ1) is 16.9. The molecule has 24 heavy (non-hydrogen) atoms. The fourth-order valence-corrected chi connectivity index (χ4v) is 3.17. The molecule has 0 aromatic heterocycles. The minimum absolute atomic E-state index is 0.0546. The Hall–Kier alpha value is -1.92. The van der Waals surface area contributed by atoms with Gasteiger partial charge in [0.1, 0.15) is 0 Å². The number of rotatable bonds is 4. The molecule has 2 aliphatic rings. The maximum absolute atomic E-state index is 12.5. The third-order valence-corrected chi connectivity index (χ3v) is 4.51. The summed E-state index contributed by atoms with van der Waals surface area (Å²) >= 11 is 0. The minimum Gasteiger partial charge on any atom is -0.379 e. The van der Waals surface area contributed by atoms with Gasteiger partial charge in [-0.1, -0.05) is 6.07 Å². The Morgan fingerprint density at radius 1 is 1.04 bits per heavy atom. The van der Waals surface area contributed by atoms with Crippen molar-refractivity contribution in [2.45, 2.75) is 19.3 Å². The topological polar surface area (TPSA) is 61.9 Å². The smallest absolute Gasteiger partial charge is 0.253 e. The Bertz CT molecular complexity index is 579. The van der Waals surface area contributed by atoms with Crippen LogP contribution in [-0.4, -0.2) is 67.6 Å². The molecule has 1 aromatic rings. The maximum atomic E-state index is 12.5. The summed E-state index contributed by atoms with van der Waals surface area (Å²) in [7, 11) is 0. The van der Waals surface area contributed by atoms with Gasteiger partial charge in [-0.05, 0) is 37.5 Å². The highest BCUT2D eigenvalue weighted by atomic mass is 16.5. The number of likely N-dealkylation sites (tertiary alicyclic amines) is 1. The van der Waals surface area contributed by atoms with Crippen LogP contribution in [0.15, 0.2) is 24.3 Å². The van der Waals surface area contributed by atoms with Gasteiger partial charge in [0.2, 0.25) is 5.91 Å². The molecule has 6 nitrogen and oxygen atoms in total. The lowest BCUT2D eigenvalue weighted by Crippen LogP contribution is -2.41. The summed E-state index contributed by atoms with van der Waals surface area (Å²) < 4.78 is 5.28. The molecule has 0 atom stereocenters. The number of piperidine rings is 1. The van der Waals surface area contributed by atoms with Crippen LogP contribution in [0.2, 0.25) is 0 Å². The number of hydrogen-bond acceptors (Lipinski definition) is 4. The zero-order valence-corrected chi connectivity index (χ0v) is 14.0. The summed E-state index contributed by atoms with van der Waals surface area (Å²) in [5.74, 6) is -0.00144. The van der Waals surface area contributed by atoms with E-state index in [4.69, 9.17) is 4.74 Å². The van der Waals surface area contributed by atoms with Crippen molar-refractivity contribution >= 4 is 17.5 Å². The molecule has 2 aliphatic heterocycles. The molecule has 1 aromatic carbocycles. The summed E-state index contributed by atoms with van der Waals surface area (Å²) in [5, 5.41) is 2.90. The van der Waals surface area contributed by atoms with E-state index < -0.39 is 0 Å². The Labute approximate surface area is 142 Å². The molecule has 2 fully saturated rings. The number of amides is 2. The lowest BCUT2D eigenvalue weighted by atomic mass is 10.1. The third kappa shape index (κ3) is 4.55. The van der Waals surface area contributed by atoms with Crippen LogP contribution < -0.4 is 5.32 Å². The zero-order chi connectivity index (χ0) is 16.8.